The maximum absolute atomic E-state index is 14.5. The summed E-state index contributed by atoms with van der Waals surface area (Å²) >= 11 is 0. The van der Waals surface area contributed by atoms with Gasteiger partial charge in [-0.3, -0.25) is 28.8 Å². The minimum absolute atomic E-state index is 0.0130. The van der Waals surface area contributed by atoms with Crippen LogP contribution in [0.4, 0.5) is 0 Å². The Morgan fingerprint density at radius 2 is 0.944 bits per heavy atom. The minimum atomic E-state index is -1.39. The molecule has 0 aliphatic rings. The second-order valence-electron chi connectivity index (χ2n) is 18.6. The molecule has 0 spiro atoms. The lowest BCUT2D eigenvalue weighted by Gasteiger charge is -2.29. The van der Waals surface area contributed by atoms with Crippen molar-refractivity contribution >= 4 is 41.4 Å². The number of carbonyl (C=O) groups is 7. The van der Waals surface area contributed by atoms with E-state index in [1.807, 2.05) is 58.0 Å². The fraction of sp³-hybridized carbons (Fsp3) is 0.451. The van der Waals surface area contributed by atoms with E-state index in [0.29, 0.717) is 36.2 Å². The van der Waals surface area contributed by atoms with Crippen LogP contribution in [0.2, 0.25) is 0 Å². The average molecular weight is 983 g/mol. The van der Waals surface area contributed by atoms with Crippen molar-refractivity contribution in [3.8, 4) is 11.5 Å². The summed E-state index contributed by atoms with van der Waals surface area (Å²) in [5, 5.41) is 46.1. The summed E-state index contributed by atoms with van der Waals surface area (Å²) in [4.78, 5) is 104. The van der Waals surface area contributed by atoms with Crippen molar-refractivity contribution in [2.45, 2.75) is 128 Å². The van der Waals surface area contributed by atoms with Crippen LogP contribution in [0, 0.1) is 11.8 Å². The number of aromatic hydroxyl groups is 2. The smallest absolute Gasteiger partial charge is 0.326 e. The molecule has 20 heteroatoms. The summed E-state index contributed by atoms with van der Waals surface area (Å²) in [7, 11) is 0. The highest BCUT2D eigenvalue weighted by molar-refractivity contribution is 5.97. The molecule has 3 aromatic carbocycles. The number of phenolic OH excluding ortho intramolecular Hbond substituents is 2. The molecule has 384 valence electrons. The first kappa shape index (κ1) is 56.3. The van der Waals surface area contributed by atoms with Crippen molar-refractivity contribution in [1.29, 1.82) is 0 Å². The number of carboxylic acids is 1. The van der Waals surface area contributed by atoms with Gasteiger partial charge in [0.15, 0.2) is 0 Å². The van der Waals surface area contributed by atoms with E-state index in [1.54, 1.807) is 24.3 Å². The van der Waals surface area contributed by atoms with Crippen LogP contribution in [0.5, 0.6) is 11.5 Å². The predicted octanol–water partition coefficient (Wildman–Crippen LogP) is 1.63. The number of hydrogen-bond acceptors (Lipinski definition) is 12. The summed E-state index contributed by atoms with van der Waals surface area (Å²) in [6.07, 6.45) is 4.10. The van der Waals surface area contributed by atoms with Crippen molar-refractivity contribution in [3.63, 3.8) is 0 Å². The molecule has 6 amide bonds. The van der Waals surface area contributed by atoms with E-state index in [0.717, 1.165) is 5.56 Å². The molecular weight excluding hydrogens is 913 g/mol. The number of phenols is 2. The van der Waals surface area contributed by atoms with Crippen molar-refractivity contribution in [1.82, 2.24) is 41.9 Å². The molecule has 0 radical (unpaired) electrons. The van der Waals surface area contributed by atoms with Gasteiger partial charge in [0, 0.05) is 31.2 Å². The molecule has 0 bridgehead atoms. The highest BCUT2D eigenvalue weighted by Gasteiger charge is 2.35. The summed E-state index contributed by atoms with van der Waals surface area (Å²) in [5.41, 5.74) is 14.3. The van der Waals surface area contributed by atoms with E-state index in [9.17, 15) is 48.9 Å². The summed E-state index contributed by atoms with van der Waals surface area (Å²) in [6.45, 7) is 7.69. The Balaban J connectivity index is 1.59. The quantitative estimate of drug-likeness (QED) is 0.0345. The van der Waals surface area contributed by atoms with Crippen molar-refractivity contribution in [3.05, 3.63) is 114 Å². The normalized spacial score (nSPS) is 14.2. The maximum Gasteiger partial charge on any atom is 0.326 e. The van der Waals surface area contributed by atoms with Gasteiger partial charge in [0.25, 0.3) is 0 Å². The van der Waals surface area contributed by atoms with E-state index in [4.69, 9.17) is 11.5 Å². The maximum atomic E-state index is 14.5. The largest absolute Gasteiger partial charge is 0.508 e. The number of carboxylic acid groups (broad SMARTS) is 1. The number of nitrogens with one attached hydrogen (secondary N) is 7. The lowest BCUT2D eigenvalue weighted by atomic mass is 9.98. The Bertz CT molecular complexity index is 2330. The van der Waals surface area contributed by atoms with E-state index in [2.05, 4.69) is 41.9 Å². The molecule has 4 rings (SSSR count). The average Bonchev–Trinajstić information content (AvgIpc) is 3.84. The van der Waals surface area contributed by atoms with Gasteiger partial charge in [-0.05, 0) is 97.9 Å². The number of unbranched alkanes of at least 4 members (excludes halogenated alkanes) is 1. The van der Waals surface area contributed by atoms with Crippen LogP contribution in [-0.2, 0) is 59.2 Å². The zero-order valence-corrected chi connectivity index (χ0v) is 40.7. The number of benzene rings is 3. The van der Waals surface area contributed by atoms with E-state index >= 15 is 0 Å². The van der Waals surface area contributed by atoms with Gasteiger partial charge in [0.05, 0.1) is 12.4 Å². The van der Waals surface area contributed by atoms with Gasteiger partial charge in [-0.1, -0.05) is 82.3 Å². The Labute approximate surface area is 413 Å². The van der Waals surface area contributed by atoms with Crippen LogP contribution in [-0.4, -0.2) is 116 Å². The van der Waals surface area contributed by atoms with Gasteiger partial charge in [-0.15, -0.1) is 0 Å². The summed E-state index contributed by atoms with van der Waals surface area (Å²) in [6, 6.07) is 12.3. The molecule has 0 aliphatic carbocycles. The molecule has 14 N–H and O–H groups in total. The lowest BCUT2D eigenvalue weighted by Crippen LogP contribution is -2.60. The molecule has 0 saturated heterocycles. The second-order valence-corrected chi connectivity index (χ2v) is 18.6. The standard InChI is InChI=1S/C51H70N10O10/c1-30(2)22-40(59-50(69)44(27-35-28-54-29-55-35)57-45(64)38(53)24-32-10-6-5-7-11-32)46(65)58-41(23-31(3)4)47(66)60-43(26-34-15-19-37(63)20-16-34)49(68)61-42(25-33-13-17-36(62)18-14-33)48(67)56-39(51(70)71)12-8-9-21-52/h5-7,10-11,13-20,28-31,38-44,62-63H,8-9,12,21-27,52-53H2,1-4H3,(H,54,55)(H,56,67)(H,57,64)(H,58,65)(H,59,69)(H,60,66)(H,61,68)(H,70,71)/t38-,39-,40-,41-,42-,43-,44-/m0/s1. The van der Waals surface area contributed by atoms with Crippen molar-refractivity contribution in [2.75, 3.05) is 6.54 Å². The van der Waals surface area contributed by atoms with E-state index < -0.39 is 83.7 Å². The molecule has 0 fully saturated rings. The first-order valence-electron chi connectivity index (χ1n) is 23.9. The molecule has 0 saturated carbocycles. The number of nitrogens with zero attached hydrogens (tertiary/aromatic N) is 1. The first-order chi connectivity index (χ1) is 33.8. The van der Waals surface area contributed by atoms with Crippen LogP contribution in [0.1, 0.15) is 82.2 Å². The fourth-order valence-electron chi connectivity index (χ4n) is 7.74. The van der Waals surface area contributed by atoms with Gasteiger partial charge in [-0.2, -0.15) is 0 Å². The molecule has 1 heterocycles. The highest BCUT2D eigenvalue weighted by atomic mass is 16.4. The number of amides is 6. The zero-order chi connectivity index (χ0) is 52.0. The Kier molecular flexibility index (Phi) is 22.5. The van der Waals surface area contributed by atoms with Crippen molar-refractivity contribution in [2.24, 2.45) is 23.3 Å². The van der Waals surface area contributed by atoms with Crippen LogP contribution in [0.25, 0.3) is 0 Å². The van der Waals surface area contributed by atoms with Crippen LogP contribution < -0.4 is 43.4 Å². The Hall–Kier alpha value is -7.32. The molecule has 7 atom stereocenters. The van der Waals surface area contributed by atoms with Crippen LogP contribution in [0.15, 0.2) is 91.4 Å². The number of hydrogen-bond donors (Lipinski definition) is 12. The molecular formula is C51H70N10O10. The Morgan fingerprint density at radius 3 is 1.37 bits per heavy atom. The first-order valence-corrected chi connectivity index (χ1v) is 23.9. The molecule has 0 unspecified atom stereocenters. The fourth-order valence-corrected chi connectivity index (χ4v) is 7.74. The van der Waals surface area contributed by atoms with Crippen LogP contribution >= 0.6 is 0 Å². The van der Waals surface area contributed by atoms with Gasteiger partial charge in [0.2, 0.25) is 35.4 Å². The highest BCUT2D eigenvalue weighted by Crippen LogP contribution is 2.16. The van der Waals surface area contributed by atoms with E-state index in [-0.39, 0.29) is 68.3 Å². The topological polar surface area (TPSA) is 333 Å². The van der Waals surface area contributed by atoms with Crippen molar-refractivity contribution < 1.29 is 48.9 Å². The third kappa shape index (κ3) is 19.5. The molecule has 1 aromatic heterocycles. The minimum Gasteiger partial charge on any atom is -0.508 e. The number of aliphatic carboxylic acids is 1. The summed E-state index contributed by atoms with van der Waals surface area (Å²) in [5.74, 6) is -6.06. The van der Waals surface area contributed by atoms with Crippen LogP contribution in [0.3, 0.4) is 0 Å². The van der Waals surface area contributed by atoms with Gasteiger partial charge in [0.1, 0.15) is 47.8 Å². The second kappa shape index (κ2) is 28.4. The number of rotatable bonds is 29. The number of nitrogens with two attached hydrogens (primary N) is 2. The number of H-pyrrole nitrogens is 1. The monoisotopic (exact) mass is 983 g/mol. The Morgan fingerprint density at radius 1 is 0.535 bits per heavy atom. The SMILES string of the molecule is CC(C)C[C@H](NC(=O)[C@H](CC(C)C)NC(=O)[C@H](Cc1cnc[nH]1)NC(=O)[C@@H](N)Cc1ccccc1)C(=O)N[C@@H](Cc1ccc(O)cc1)C(=O)N[C@@H](Cc1ccc(O)cc1)C(=O)N[C@@H](CCCCN)C(=O)O. The van der Waals surface area contributed by atoms with Gasteiger partial charge < -0.3 is 63.7 Å². The number of imidazole rings is 1. The molecule has 71 heavy (non-hydrogen) atoms. The number of aromatic amines is 1. The number of aromatic nitrogens is 2. The molecule has 0 aliphatic heterocycles. The summed E-state index contributed by atoms with van der Waals surface area (Å²) < 4.78 is 0. The van der Waals surface area contributed by atoms with Gasteiger partial charge >= 0.3 is 5.97 Å². The van der Waals surface area contributed by atoms with Gasteiger partial charge in [-0.25, -0.2) is 9.78 Å². The predicted molar refractivity (Wildman–Crippen MR) is 265 cm³/mol. The zero-order valence-electron chi connectivity index (χ0n) is 40.7. The molecule has 20 nitrogen and oxygen atoms in total. The van der Waals surface area contributed by atoms with E-state index in [1.165, 1.54) is 36.8 Å². The lowest BCUT2D eigenvalue weighted by molar-refractivity contribution is -0.142. The third-order valence-corrected chi connectivity index (χ3v) is 11.5. The molecule has 4 aromatic rings. The number of carbonyl (C=O) groups excluding carboxylic acids is 6. The third-order valence-electron chi connectivity index (χ3n) is 11.5.